The Hall–Kier alpha value is -1.64. The van der Waals surface area contributed by atoms with Gasteiger partial charge >= 0.3 is 0 Å². The van der Waals surface area contributed by atoms with Crippen LogP contribution in [-0.2, 0) is 0 Å². The molecule has 76 valence electrons. The number of H-pyrrole nitrogens is 1. The second-order valence-electron chi connectivity index (χ2n) is 4.16. The third-order valence-corrected chi connectivity index (χ3v) is 3.00. The van der Waals surface area contributed by atoms with Gasteiger partial charge in [0, 0.05) is 23.3 Å². The minimum absolute atomic E-state index is 0.108. The van der Waals surface area contributed by atoms with Crippen LogP contribution in [0, 0.1) is 0 Å². The van der Waals surface area contributed by atoms with Crippen LogP contribution in [0.2, 0.25) is 0 Å². The first-order valence-electron chi connectivity index (χ1n) is 5.24. The van der Waals surface area contributed by atoms with Gasteiger partial charge in [-0.1, -0.05) is 0 Å². The second kappa shape index (κ2) is 2.92. The van der Waals surface area contributed by atoms with Gasteiger partial charge < -0.3 is 4.98 Å². The van der Waals surface area contributed by atoms with E-state index in [1.807, 2.05) is 12.3 Å². The number of nitrogens with one attached hydrogen (secondary N) is 1. The molecule has 0 spiro atoms. The smallest absolute Gasteiger partial charge is 0.162 e. The van der Waals surface area contributed by atoms with Crippen molar-refractivity contribution < 1.29 is 4.79 Å². The summed E-state index contributed by atoms with van der Waals surface area (Å²) >= 11 is 0. The zero-order valence-electron chi connectivity index (χ0n) is 8.58. The molecular formula is C12H12N2O. The number of aromatic amines is 1. The van der Waals surface area contributed by atoms with Crippen LogP contribution in [0.25, 0.3) is 11.0 Å². The van der Waals surface area contributed by atoms with Crippen LogP contribution < -0.4 is 0 Å². The normalized spacial score (nSPS) is 15.8. The summed E-state index contributed by atoms with van der Waals surface area (Å²) in [5, 5.41) is 1.03. The number of hydrogen-bond donors (Lipinski definition) is 1. The topological polar surface area (TPSA) is 45.8 Å². The monoisotopic (exact) mass is 200 g/mol. The van der Waals surface area contributed by atoms with Crippen LogP contribution in [0.5, 0.6) is 0 Å². The molecule has 0 unspecified atom stereocenters. The van der Waals surface area contributed by atoms with Crippen LogP contribution in [0.3, 0.4) is 0 Å². The molecule has 0 saturated heterocycles. The van der Waals surface area contributed by atoms with Gasteiger partial charge in [0.05, 0.1) is 0 Å². The fourth-order valence-corrected chi connectivity index (χ4v) is 2.09. The largest absolute Gasteiger partial charge is 0.345 e. The predicted molar refractivity (Wildman–Crippen MR) is 58.1 cm³/mol. The van der Waals surface area contributed by atoms with Gasteiger partial charge in [0.15, 0.2) is 5.78 Å². The molecule has 3 heteroatoms. The highest BCUT2D eigenvalue weighted by atomic mass is 16.1. The Balaban J connectivity index is 2.33. The number of carbonyl (C=O) groups is 1. The molecule has 3 nitrogen and oxygen atoms in total. The van der Waals surface area contributed by atoms with Crippen molar-refractivity contribution in [2.45, 2.75) is 25.7 Å². The molecule has 1 aliphatic rings. The summed E-state index contributed by atoms with van der Waals surface area (Å²) in [6, 6.07) is 2.04. The predicted octanol–water partition coefficient (Wildman–Crippen LogP) is 2.64. The van der Waals surface area contributed by atoms with Crippen LogP contribution in [0.1, 0.15) is 41.6 Å². The summed E-state index contributed by atoms with van der Waals surface area (Å²) in [6.07, 6.45) is 6.06. The maximum Gasteiger partial charge on any atom is 0.162 e. The molecule has 2 heterocycles. The molecule has 2 aromatic rings. The number of hydrogen-bond acceptors (Lipinski definition) is 2. The van der Waals surface area contributed by atoms with E-state index in [1.54, 1.807) is 13.1 Å². The lowest BCUT2D eigenvalue weighted by Gasteiger charge is -2.01. The third kappa shape index (κ3) is 1.27. The number of ketones is 1. The summed E-state index contributed by atoms with van der Waals surface area (Å²) in [5.41, 5.74) is 2.90. The summed E-state index contributed by atoms with van der Waals surface area (Å²) in [6.45, 7) is 1.60. The number of rotatable bonds is 2. The Morgan fingerprint density at radius 1 is 1.53 bits per heavy atom. The highest BCUT2D eigenvalue weighted by Crippen LogP contribution is 2.43. The van der Waals surface area contributed by atoms with Crippen molar-refractivity contribution in [3.63, 3.8) is 0 Å². The van der Waals surface area contributed by atoms with Crippen LogP contribution in [0.15, 0.2) is 18.5 Å². The minimum Gasteiger partial charge on any atom is -0.345 e. The van der Waals surface area contributed by atoms with Gasteiger partial charge in [0.1, 0.15) is 5.65 Å². The number of nitrogens with zero attached hydrogens (tertiary/aromatic N) is 1. The number of fused-ring (bicyclic) bond motifs is 1. The van der Waals surface area contributed by atoms with Crippen molar-refractivity contribution in [3.05, 3.63) is 29.6 Å². The Kier molecular flexibility index (Phi) is 1.69. The van der Waals surface area contributed by atoms with Crippen molar-refractivity contribution in [1.82, 2.24) is 9.97 Å². The fourth-order valence-electron chi connectivity index (χ4n) is 2.09. The lowest BCUT2D eigenvalue weighted by atomic mass is 10.0. The van der Waals surface area contributed by atoms with Crippen molar-refractivity contribution >= 4 is 16.8 Å². The van der Waals surface area contributed by atoms with E-state index >= 15 is 0 Å². The van der Waals surface area contributed by atoms with Gasteiger partial charge in [-0.2, -0.15) is 0 Å². The van der Waals surface area contributed by atoms with Gasteiger partial charge in [-0.15, -0.1) is 0 Å². The molecule has 0 radical (unpaired) electrons. The van der Waals surface area contributed by atoms with E-state index in [4.69, 9.17) is 0 Å². The van der Waals surface area contributed by atoms with E-state index in [9.17, 15) is 4.79 Å². The second-order valence-corrected chi connectivity index (χ2v) is 4.16. The average Bonchev–Trinajstić information content (AvgIpc) is 2.96. The number of carbonyl (C=O) groups excluding carboxylic acids is 1. The van der Waals surface area contributed by atoms with Crippen LogP contribution in [0.4, 0.5) is 0 Å². The first-order valence-corrected chi connectivity index (χ1v) is 5.24. The number of aromatic nitrogens is 2. The summed E-state index contributed by atoms with van der Waals surface area (Å²) in [5.74, 6) is 0.751. The lowest BCUT2D eigenvalue weighted by Crippen LogP contribution is -1.92. The van der Waals surface area contributed by atoms with Crippen molar-refractivity contribution in [3.8, 4) is 0 Å². The zero-order chi connectivity index (χ0) is 10.4. The average molecular weight is 200 g/mol. The third-order valence-electron chi connectivity index (χ3n) is 3.00. The molecule has 0 amide bonds. The van der Waals surface area contributed by atoms with Crippen LogP contribution in [-0.4, -0.2) is 15.8 Å². The fraction of sp³-hybridized carbons (Fsp3) is 0.333. The van der Waals surface area contributed by atoms with Crippen LogP contribution >= 0.6 is 0 Å². The lowest BCUT2D eigenvalue weighted by molar-refractivity contribution is 0.101. The van der Waals surface area contributed by atoms with E-state index < -0.39 is 0 Å². The Morgan fingerprint density at radius 2 is 2.33 bits per heavy atom. The van der Waals surface area contributed by atoms with Gasteiger partial charge in [-0.05, 0) is 37.3 Å². The Morgan fingerprint density at radius 3 is 3.00 bits per heavy atom. The standard InChI is InChI=1S/C12H12N2O/c1-7(15)10-6-14-12-11(10)9(4-5-13-12)8-2-3-8/h4-6,8H,2-3H2,1H3,(H,13,14). The van der Waals surface area contributed by atoms with E-state index in [0.29, 0.717) is 5.92 Å². The van der Waals surface area contributed by atoms with Crippen molar-refractivity contribution in [1.29, 1.82) is 0 Å². The van der Waals surface area contributed by atoms with E-state index in [0.717, 1.165) is 16.6 Å². The summed E-state index contributed by atoms with van der Waals surface area (Å²) < 4.78 is 0. The first-order chi connectivity index (χ1) is 7.27. The maximum atomic E-state index is 11.5. The highest BCUT2D eigenvalue weighted by molar-refractivity contribution is 6.07. The molecule has 1 fully saturated rings. The van der Waals surface area contributed by atoms with Crippen molar-refractivity contribution in [2.75, 3.05) is 0 Å². The number of Topliss-reactive ketones (excluding diaryl/α,β-unsaturated/α-hetero) is 1. The molecule has 1 N–H and O–H groups in total. The Labute approximate surface area is 87.5 Å². The minimum atomic E-state index is 0.108. The first kappa shape index (κ1) is 8.65. The SMILES string of the molecule is CC(=O)c1c[nH]c2nccc(C3CC3)c12. The molecule has 1 aliphatic carbocycles. The maximum absolute atomic E-state index is 11.5. The molecule has 15 heavy (non-hydrogen) atoms. The van der Waals surface area contributed by atoms with Gasteiger partial charge in [-0.3, -0.25) is 4.79 Å². The molecule has 0 aliphatic heterocycles. The van der Waals surface area contributed by atoms with Gasteiger partial charge in [0.2, 0.25) is 0 Å². The molecule has 0 aromatic carbocycles. The molecule has 3 rings (SSSR count). The molecule has 0 bridgehead atoms. The van der Waals surface area contributed by atoms with Crippen molar-refractivity contribution in [2.24, 2.45) is 0 Å². The Bertz CT molecular complexity index is 538. The summed E-state index contributed by atoms with van der Waals surface area (Å²) in [4.78, 5) is 18.8. The zero-order valence-corrected chi connectivity index (χ0v) is 8.58. The van der Waals surface area contributed by atoms with Gasteiger partial charge in [-0.25, -0.2) is 4.98 Å². The molecular weight excluding hydrogens is 188 g/mol. The van der Waals surface area contributed by atoms with E-state index in [-0.39, 0.29) is 5.78 Å². The van der Waals surface area contributed by atoms with E-state index in [1.165, 1.54) is 18.4 Å². The quantitative estimate of drug-likeness (QED) is 0.757. The van der Waals surface area contributed by atoms with E-state index in [2.05, 4.69) is 9.97 Å². The van der Waals surface area contributed by atoms with Gasteiger partial charge in [0.25, 0.3) is 0 Å². The highest BCUT2D eigenvalue weighted by Gasteiger charge is 2.27. The number of pyridine rings is 1. The molecule has 2 aromatic heterocycles. The summed E-state index contributed by atoms with van der Waals surface area (Å²) in [7, 11) is 0. The molecule has 0 atom stereocenters. The molecule has 1 saturated carbocycles.